The second-order valence-electron chi connectivity index (χ2n) is 4.59. The summed E-state index contributed by atoms with van der Waals surface area (Å²) >= 11 is 0. The number of carboxylic acids is 1. The summed E-state index contributed by atoms with van der Waals surface area (Å²) < 4.78 is 1.25. The molecule has 0 aliphatic heterocycles. The number of nitrogens with zero attached hydrogens (tertiary/aromatic N) is 1. The Hall–Kier alpha value is -2.89. The van der Waals surface area contributed by atoms with Gasteiger partial charge in [0.25, 0.3) is 5.56 Å². The third-order valence-corrected chi connectivity index (χ3v) is 3.10. The second-order valence-corrected chi connectivity index (χ2v) is 4.59. The number of hydrogen-bond acceptors (Lipinski definition) is 4. The summed E-state index contributed by atoms with van der Waals surface area (Å²) in [6, 6.07) is 6.99. The van der Waals surface area contributed by atoms with Gasteiger partial charge < -0.3 is 10.2 Å². The summed E-state index contributed by atoms with van der Waals surface area (Å²) in [5.74, 6) is -1.96. The number of aromatic carboxylic acids is 1. The molecule has 0 amide bonds. The highest BCUT2D eigenvalue weighted by Gasteiger charge is 2.17. The van der Waals surface area contributed by atoms with E-state index in [1.807, 2.05) is 0 Å². The average Bonchev–Trinajstić information content (AvgIpc) is 2.38. The van der Waals surface area contributed by atoms with Crippen molar-refractivity contribution < 1.29 is 19.8 Å². The minimum atomic E-state index is -1.07. The number of benzene rings is 1. The van der Waals surface area contributed by atoms with Crippen LogP contribution >= 0.6 is 0 Å². The Labute approximate surface area is 119 Å². The summed E-state index contributed by atoms with van der Waals surface area (Å²) in [6.45, 7) is 2.81. The van der Waals surface area contributed by atoms with Gasteiger partial charge in [-0.05, 0) is 38.1 Å². The Bertz CT molecular complexity index is 787. The molecule has 0 saturated heterocycles. The van der Waals surface area contributed by atoms with Gasteiger partial charge in [-0.3, -0.25) is 14.2 Å². The van der Waals surface area contributed by atoms with Gasteiger partial charge in [-0.15, -0.1) is 0 Å². The molecule has 0 spiro atoms. The number of aromatic hydroxyl groups is 1. The lowest BCUT2D eigenvalue weighted by Crippen LogP contribution is -2.26. The topological polar surface area (TPSA) is 96.6 Å². The van der Waals surface area contributed by atoms with Gasteiger partial charge in [0.1, 0.15) is 11.3 Å². The van der Waals surface area contributed by atoms with Crippen molar-refractivity contribution in [2.75, 3.05) is 0 Å². The van der Waals surface area contributed by atoms with E-state index < -0.39 is 17.3 Å². The standard InChI is InChI=1S/C15H13NO5/c1-8-7-12(18)13(9(2)17)14(19)16(8)11-5-3-10(4-6-11)15(20)21/h3-7,18H,1-2H3,(H,20,21). The van der Waals surface area contributed by atoms with E-state index in [0.29, 0.717) is 11.4 Å². The van der Waals surface area contributed by atoms with Crippen molar-refractivity contribution in [1.82, 2.24) is 4.57 Å². The van der Waals surface area contributed by atoms with Crippen LogP contribution in [0.25, 0.3) is 5.69 Å². The van der Waals surface area contributed by atoms with E-state index in [4.69, 9.17) is 5.11 Å². The van der Waals surface area contributed by atoms with Crippen LogP contribution < -0.4 is 5.56 Å². The fourth-order valence-corrected chi connectivity index (χ4v) is 2.12. The molecule has 0 unspecified atom stereocenters. The van der Waals surface area contributed by atoms with Gasteiger partial charge in [-0.1, -0.05) is 0 Å². The lowest BCUT2D eigenvalue weighted by Gasteiger charge is -2.12. The van der Waals surface area contributed by atoms with Crippen LogP contribution in [0.1, 0.15) is 33.3 Å². The second kappa shape index (κ2) is 5.24. The van der Waals surface area contributed by atoms with E-state index in [9.17, 15) is 19.5 Å². The molecule has 1 heterocycles. The summed E-state index contributed by atoms with van der Waals surface area (Å²) in [7, 11) is 0. The zero-order valence-electron chi connectivity index (χ0n) is 11.5. The molecule has 0 atom stereocenters. The van der Waals surface area contributed by atoms with Crippen molar-refractivity contribution >= 4 is 11.8 Å². The Morgan fingerprint density at radius 2 is 1.71 bits per heavy atom. The van der Waals surface area contributed by atoms with E-state index in [0.717, 1.165) is 0 Å². The highest BCUT2D eigenvalue weighted by molar-refractivity contribution is 5.96. The molecule has 2 rings (SSSR count). The lowest BCUT2D eigenvalue weighted by atomic mass is 10.1. The highest BCUT2D eigenvalue weighted by Crippen LogP contribution is 2.18. The van der Waals surface area contributed by atoms with Crippen molar-refractivity contribution in [2.24, 2.45) is 0 Å². The molecule has 21 heavy (non-hydrogen) atoms. The lowest BCUT2D eigenvalue weighted by molar-refractivity contribution is 0.0696. The number of aryl methyl sites for hydroxylation is 1. The van der Waals surface area contributed by atoms with Crippen LogP contribution in [0.3, 0.4) is 0 Å². The fourth-order valence-electron chi connectivity index (χ4n) is 2.12. The van der Waals surface area contributed by atoms with Gasteiger partial charge in [-0.2, -0.15) is 0 Å². The quantitative estimate of drug-likeness (QED) is 0.838. The SMILES string of the molecule is CC(=O)c1c(O)cc(C)n(-c2ccc(C(=O)O)cc2)c1=O. The maximum atomic E-state index is 12.3. The monoisotopic (exact) mass is 287 g/mol. The Morgan fingerprint density at radius 3 is 2.19 bits per heavy atom. The van der Waals surface area contributed by atoms with Gasteiger partial charge in [0.2, 0.25) is 0 Å². The molecule has 1 aromatic carbocycles. The molecule has 2 aromatic rings. The average molecular weight is 287 g/mol. The predicted molar refractivity (Wildman–Crippen MR) is 75.4 cm³/mol. The fraction of sp³-hybridized carbons (Fsp3) is 0.133. The smallest absolute Gasteiger partial charge is 0.335 e. The summed E-state index contributed by atoms with van der Waals surface area (Å²) in [5.41, 5.74) is 0.0246. The van der Waals surface area contributed by atoms with E-state index >= 15 is 0 Å². The van der Waals surface area contributed by atoms with Crippen molar-refractivity contribution in [3.05, 3.63) is 57.5 Å². The minimum Gasteiger partial charge on any atom is -0.507 e. The van der Waals surface area contributed by atoms with Crippen molar-refractivity contribution in [3.63, 3.8) is 0 Å². The van der Waals surface area contributed by atoms with Crippen LogP contribution in [0.15, 0.2) is 35.1 Å². The Morgan fingerprint density at radius 1 is 1.14 bits per heavy atom. The van der Waals surface area contributed by atoms with Crippen LogP contribution in [0.2, 0.25) is 0 Å². The Balaban J connectivity index is 2.69. The molecular formula is C15H13NO5. The van der Waals surface area contributed by atoms with E-state index in [1.165, 1.54) is 41.8 Å². The minimum absolute atomic E-state index is 0.0926. The van der Waals surface area contributed by atoms with Gasteiger partial charge in [0, 0.05) is 17.4 Å². The zero-order chi connectivity index (χ0) is 15.7. The number of rotatable bonds is 3. The first kappa shape index (κ1) is 14.5. The maximum Gasteiger partial charge on any atom is 0.335 e. The number of carbonyl (C=O) groups excluding carboxylic acids is 1. The van der Waals surface area contributed by atoms with E-state index in [-0.39, 0.29) is 16.9 Å². The molecular weight excluding hydrogens is 274 g/mol. The van der Waals surface area contributed by atoms with Gasteiger partial charge in [-0.25, -0.2) is 4.79 Å². The third-order valence-electron chi connectivity index (χ3n) is 3.10. The van der Waals surface area contributed by atoms with Crippen LogP contribution in [-0.2, 0) is 0 Å². The molecule has 108 valence electrons. The summed E-state index contributed by atoms with van der Waals surface area (Å²) in [5, 5.41) is 18.6. The molecule has 1 aromatic heterocycles. The van der Waals surface area contributed by atoms with Gasteiger partial charge in [0.05, 0.1) is 5.56 Å². The molecule has 0 aliphatic rings. The number of ketones is 1. The molecule has 0 bridgehead atoms. The van der Waals surface area contributed by atoms with Crippen LogP contribution in [0.4, 0.5) is 0 Å². The van der Waals surface area contributed by atoms with Crippen LogP contribution in [-0.4, -0.2) is 26.5 Å². The number of carbonyl (C=O) groups is 2. The highest BCUT2D eigenvalue weighted by atomic mass is 16.4. The van der Waals surface area contributed by atoms with Crippen LogP contribution in [0, 0.1) is 6.92 Å². The third kappa shape index (κ3) is 2.55. The molecule has 6 heteroatoms. The molecule has 0 aliphatic carbocycles. The normalized spacial score (nSPS) is 10.4. The van der Waals surface area contributed by atoms with Crippen LogP contribution in [0.5, 0.6) is 5.75 Å². The number of aromatic nitrogens is 1. The first-order chi connectivity index (χ1) is 9.82. The largest absolute Gasteiger partial charge is 0.507 e. The number of carboxylic acid groups (broad SMARTS) is 1. The van der Waals surface area contributed by atoms with E-state index in [1.54, 1.807) is 6.92 Å². The number of Topliss-reactive ketones (excluding diaryl/α,β-unsaturated/α-hetero) is 1. The molecule has 2 N–H and O–H groups in total. The van der Waals surface area contributed by atoms with Crippen molar-refractivity contribution in [1.29, 1.82) is 0 Å². The number of pyridine rings is 1. The number of hydrogen-bond donors (Lipinski definition) is 2. The molecule has 0 saturated carbocycles. The van der Waals surface area contributed by atoms with Crippen molar-refractivity contribution in [2.45, 2.75) is 13.8 Å². The Kier molecular flexibility index (Phi) is 3.62. The molecule has 6 nitrogen and oxygen atoms in total. The zero-order valence-corrected chi connectivity index (χ0v) is 11.5. The summed E-state index contributed by atoms with van der Waals surface area (Å²) in [4.78, 5) is 34.6. The molecule has 0 radical (unpaired) electrons. The molecule has 0 fully saturated rings. The first-order valence-electron chi connectivity index (χ1n) is 6.13. The van der Waals surface area contributed by atoms with Crippen molar-refractivity contribution in [3.8, 4) is 11.4 Å². The van der Waals surface area contributed by atoms with Gasteiger partial charge >= 0.3 is 5.97 Å². The first-order valence-corrected chi connectivity index (χ1v) is 6.13. The van der Waals surface area contributed by atoms with Gasteiger partial charge in [0.15, 0.2) is 5.78 Å². The summed E-state index contributed by atoms with van der Waals surface area (Å²) in [6.07, 6.45) is 0. The predicted octanol–water partition coefficient (Wildman–Crippen LogP) is 1.75. The maximum absolute atomic E-state index is 12.3. The van der Waals surface area contributed by atoms with E-state index in [2.05, 4.69) is 0 Å².